The summed E-state index contributed by atoms with van der Waals surface area (Å²) in [6.07, 6.45) is 4.42. The average Bonchev–Trinajstić information content (AvgIpc) is 3.09. The van der Waals surface area contributed by atoms with Crippen molar-refractivity contribution in [1.29, 1.82) is 0 Å². The molecule has 1 atom stereocenters. The molecule has 1 aliphatic rings. The number of benzene rings is 1. The number of likely N-dealkylation sites (N-methyl/N-ethyl adjacent to an activating group) is 1. The molecule has 0 radical (unpaired) electrons. The van der Waals surface area contributed by atoms with Crippen molar-refractivity contribution >= 4 is 12.4 Å². The van der Waals surface area contributed by atoms with Crippen molar-refractivity contribution in [3.8, 4) is 11.8 Å². The fourth-order valence-electron chi connectivity index (χ4n) is 3.22. The SMILES string of the molecule is CCN(CC#CC(O)(c1ccccc1)C1CCCC1)CCO.Cl. The smallest absolute Gasteiger partial charge is 0.153 e. The molecular weight excluding hydrogens is 310 g/mol. The number of aliphatic hydroxyl groups is 2. The van der Waals surface area contributed by atoms with Gasteiger partial charge in [0.05, 0.1) is 13.2 Å². The summed E-state index contributed by atoms with van der Waals surface area (Å²) in [4.78, 5) is 2.08. The lowest BCUT2D eigenvalue weighted by Gasteiger charge is -2.29. The van der Waals surface area contributed by atoms with Crippen LogP contribution in [0.3, 0.4) is 0 Å². The number of hydrogen-bond donors (Lipinski definition) is 2. The number of nitrogens with zero attached hydrogens (tertiary/aromatic N) is 1. The summed E-state index contributed by atoms with van der Waals surface area (Å²) in [6, 6.07) is 9.82. The average molecular weight is 338 g/mol. The Morgan fingerprint density at radius 2 is 1.87 bits per heavy atom. The molecule has 1 unspecified atom stereocenters. The highest BCUT2D eigenvalue weighted by Gasteiger charge is 2.38. The quantitative estimate of drug-likeness (QED) is 0.784. The van der Waals surface area contributed by atoms with Crippen LogP contribution < -0.4 is 0 Å². The highest BCUT2D eigenvalue weighted by atomic mass is 35.5. The molecule has 0 heterocycles. The van der Waals surface area contributed by atoms with Gasteiger partial charge in [0.15, 0.2) is 5.60 Å². The fraction of sp³-hybridized carbons (Fsp3) is 0.579. The van der Waals surface area contributed by atoms with Gasteiger partial charge in [-0.05, 0) is 24.9 Å². The lowest BCUT2D eigenvalue weighted by atomic mass is 9.80. The van der Waals surface area contributed by atoms with Gasteiger partial charge in [-0.1, -0.05) is 61.9 Å². The van der Waals surface area contributed by atoms with Crippen LogP contribution in [-0.2, 0) is 5.60 Å². The summed E-state index contributed by atoms with van der Waals surface area (Å²) in [5, 5.41) is 20.3. The predicted octanol–water partition coefficient (Wildman–Crippen LogP) is 2.80. The standard InChI is InChI=1S/C19H27NO2.ClH/c1-2-20(15-16-21)14-8-13-19(22,18-11-6-7-12-18)17-9-4-3-5-10-17;/h3-5,9-10,18,21-22H,2,6-7,11-12,14-16H2,1H3;1H. The van der Waals surface area contributed by atoms with Gasteiger partial charge in [-0.15, -0.1) is 12.4 Å². The minimum atomic E-state index is -1.05. The molecule has 0 spiro atoms. The molecule has 1 fully saturated rings. The summed E-state index contributed by atoms with van der Waals surface area (Å²) in [7, 11) is 0. The first kappa shape index (κ1) is 20.0. The van der Waals surface area contributed by atoms with Crippen LogP contribution in [0.5, 0.6) is 0 Å². The predicted molar refractivity (Wildman–Crippen MR) is 96.5 cm³/mol. The highest BCUT2D eigenvalue weighted by molar-refractivity contribution is 5.85. The van der Waals surface area contributed by atoms with E-state index in [1.54, 1.807) is 0 Å². The molecule has 2 rings (SSSR count). The largest absolute Gasteiger partial charge is 0.395 e. The van der Waals surface area contributed by atoms with Crippen molar-refractivity contribution in [3.63, 3.8) is 0 Å². The molecule has 0 bridgehead atoms. The Hall–Kier alpha value is -1.05. The van der Waals surface area contributed by atoms with Crippen LogP contribution in [0.1, 0.15) is 38.2 Å². The maximum atomic E-state index is 11.3. The molecule has 4 heteroatoms. The molecule has 0 saturated heterocycles. The van der Waals surface area contributed by atoms with Crippen molar-refractivity contribution in [2.75, 3.05) is 26.2 Å². The highest BCUT2D eigenvalue weighted by Crippen LogP contribution is 2.40. The molecule has 1 aliphatic carbocycles. The third-order valence-corrected chi connectivity index (χ3v) is 4.60. The molecule has 3 nitrogen and oxygen atoms in total. The third kappa shape index (κ3) is 5.22. The number of halogens is 1. The van der Waals surface area contributed by atoms with Crippen molar-refractivity contribution in [1.82, 2.24) is 4.90 Å². The van der Waals surface area contributed by atoms with Crippen molar-refractivity contribution in [3.05, 3.63) is 35.9 Å². The van der Waals surface area contributed by atoms with Crippen LogP contribution in [0.15, 0.2) is 30.3 Å². The fourth-order valence-corrected chi connectivity index (χ4v) is 3.22. The summed E-state index contributed by atoms with van der Waals surface area (Å²) < 4.78 is 0. The second-order valence-electron chi connectivity index (χ2n) is 6.01. The zero-order chi connectivity index (χ0) is 15.8. The van der Waals surface area contributed by atoms with E-state index in [1.165, 1.54) is 12.8 Å². The summed E-state index contributed by atoms with van der Waals surface area (Å²) in [5.41, 5.74) is -0.143. The van der Waals surface area contributed by atoms with E-state index in [-0.39, 0.29) is 24.9 Å². The van der Waals surface area contributed by atoms with E-state index < -0.39 is 5.60 Å². The summed E-state index contributed by atoms with van der Waals surface area (Å²) in [5.74, 6) is 6.53. The van der Waals surface area contributed by atoms with Crippen LogP contribution in [0.25, 0.3) is 0 Å². The Bertz CT molecular complexity index is 505. The summed E-state index contributed by atoms with van der Waals surface area (Å²) >= 11 is 0. The van der Waals surface area contributed by atoms with Crippen LogP contribution in [0, 0.1) is 17.8 Å². The monoisotopic (exact) mass is 337 g/mol. The van der Waals surface area contributed by atoms with E-state index in [0.29, 0.717) is 13.1 Å². The summed E-state index contributed by atoms with van der Waals surface area (Å²) in [6.45, 7) is 4.25. The van der Waals surface area contributed by atoms with Crippen LogP contribution >= 0.6 is 12.4 Å². The van der Waals surface area contributed by atoms with Gasteiger partial charge in [0.25, 0.3) is 0 Å². The molecule has 0 amide bonds. The van der Waals surface area contributed by atoms with Gasteiger partial charge < -0.3 is 10.2 Å². The minimum Gasteiger partial charge on any atom is -0.395 e. The third-order valence-electron chi connectivity index (χ3n) is 4.60. The van der Waals surface area contributed by atoms with Crippen molar-refractivity contribution in [2.45, 2.75) is 38.2 Å². The number of hydrogen-bond acceptors (Lipinski definition) is 3. The molecule has 1 aromatic rings. The normalized spacial score (nSPS) is 17.2. The first-order chi connectivity index (χ1) is 10.7. The second-order valence-corrected chi connectivity index (χ2v) is 6.01. The zero-order valence-electron chi connectivity index (χ0n) is 13.9. The maximum absolute atomic E-state index is 11.3. The molecule has 23 heavy (non-hydrogen) atoms. The minimum absolute atomic E-state index is 0. The van der Waals surface area contributed by atoms with Crippen molar-refractivity contribution < 1.29 is 10.2 Å². The maximum Gasteiger partial charge on any atom is 0.153 e. The van der Waals surface area contributed by atoms with Crippen LogP contribution in [-0.4, -0.2) is 41.4 Å². The van der Waals surface area contributed by atoms with Gasteiger partial charge in [0, 0.05) is 12.5 Å². The van der Waals surface area contributed by atoms with E-state index in [4.69, 9.17) is 5.11 Å². The van der Waals surface area contributed by atoms with E-state index in [0.717, 1.165) is 24.9 Å². The van der Waals surface area contributed by atoms with Gasteiger partial charge in [0.2, 0.25) is 0 Å². The molecule has 0 aromatic heterocycles. The van der Waals surface area contributed by atoms with E-state index in [2.05, 4.69) is 23.7 Å². The topological polar surface area (TPSA) is 43.7 Å². The van der Waals surface area contributed by atoms with Gasteiger partial charge in [-0.25, -0.2) is 0 Å². The Kier molecular flexibility index (Phi) is 8.65. The first-order valence-corrected chi connectivity index (χ1v) is 8.32. The van der Waals surface area contributed by atoms with Gasteiger partial charge in [0.1, 0.15) is 0 Å². The Morgan fingerprint density at radius 3 is 2.43 bits per heavy atom. The molecule has 2 N–H and O–H groups in total. The molecule has 0 aliphatic heterocycles. The van der Waals surface area contributed by atoms with Crippen molar-refractivity contribution in [2.24, 2.45) is 5.92 Å². The number of aliphatic hydroxyl groups excluding tert-OH is 1. The van der Waals surface area contributed by atoms with Crippen LogP contribution in [0.4, 0.5) is 0 Å². The molecule has 128 valence electrons. The number of rotatable bonds is 6. The zero-order valence-corrected chi connectivity index (χ0v) is 14.7. The van der Waals surface area contributed by atoms with Gasteiger partial charge in [-0.2, -0.15) is 0 Å². The second kappa shape index (κ2) is 9.95. The van der Waals surface area contributed by atoms with E-state index >= 15 is 0 Å². The van der Waals surface area contributed by atoms with E-state index in [9.17, 15) is 5.11 Å². The molecule has 1 saturated carbocycles. The van der Waals surface area contributed by atoms with E-state index in [1.807, 2.05) is 30.3 Å². The van der Waals surface area contributed by atoms with Gasteiger partial charge >= 0.3 is 0 Å². The Balaban J connectivity index is 0.00000264. The molecular formula is C19H28ClNO2. The van der Waals surface area contributed by atoms with Crippen LogP contribution in [0.2, 0.25) is 0 Å². The first-order valence-electron chi connectivity index (χ1n) is 8.32. The Morgan fingerprint density at radius 1 is 1.22 bits per heavy atom. The Labute approximate surface area is 146 Å². The lowest BCUT2D eigenvalue weighted by Crippen LogP contribution is -2.33. The molecule has 1 aromatic carbocycles. The van der Waals surface area contributed by atoms with Gasteiger partial charge in [-0.3, -0.25) is 4.90 Å². The lowest BCUT2D eigenvalue weighted by molar-refractivity contribution is 0.0367.